The lowest BCUT2D eigenvalue weighted by atomic mass is 10.1. The van der Waals surface area contributed by atoms with Crippen LogP contribution in [0.15, 0.2) is 24.3 Å². The molecule has 21 heavy (non-hydrogen) atoms. The van der Waals surface area contributed by atoms with E-state index >= 15 is 0 Å². The molecule has 1 heterocycles. The predicted octanol–water partition coefficient (Wildman–Crippen LogP) is 0.264. The van der Waals surface area contributed by atoms with E-state index in [9.17, 15) is 14.7 Å². The van der Waals surface area contributed by atoms with Crippen LogP contribution in [0.5, 0.6) is 5.75 Å². The van der Waals surface area contributed by atoms with Crippen molar-refractivity contribution >= 4 is 11.8 Å². The number of ether oxygens (including phenoxy) is 1. The Morgan fingerprint density at radius 2 is 2.10 bits per heavy atom. The fraction of sp³-hybridized carbons (Fsp3) is 0.467. The second-order valence-electron chi connectivity index (χ2n) is 5.16. The highest BCUT2D eigenvalue weighted by molar-refractivity contribution is 5.97. The van der Waals surface area contributed by atoms with Gasteiger partial charge in [-0.1, -0.05) is 12.1 Å². The number of carbonyl (C=O) groups excluding carboxylic acids is 2. The first kappa shape index (κ1) is 15.3. The van der Waals surface area contributed by atoms with Crippen LogP contribution in [0.25, 0.3) is 0 Å². The number of hydrogen-bond donors (Lipinski definition) is 2. The average Bonchev–Trinajstić information content (AvgIpc) is 2.88. The third-order valence-corrected chi connectivity index (χ3v) is 3.69. The number of methoxy groups -OCH3 is 1. The molecule has 0 saturated carbocycles. The molecule has 2 rings (SSSR count). The molecule has 1 aliphatic heterocycles. The lowest BCUT2D eigenvalue weighted by Gasteiger charge is -2.18. The number of hydrogen-bond acceptors (Lipinski definition) is 4. The van der Waals surface area contributed by atoms with Crippen molar-refractivity contribution in [2.75, 3.05) is 26.8 Å². The number of carbonyl (C=O) groups is 2. The van der Waals surface area contributed by atoms with Crippen molar-refractivity contribution in [1.29, 1.82) is 0 Å². The Balaban J connectivity index is 2.15. The van der Waals surface area contributed by atoms with Crippen LogP contribution >= 0.6 is 0 Å². The van der Waals surface area contributed by atoms with Gasteiger partial charge in [0.25, 0.3) is 5.91 Å². The third kappa shape index (κ3) is 3.33. The van der Waals surface area contributed by atoms with Crippen molar-refractivity contribution in [2.45, 2.75) is 13.0 Å². The first-order chi connectivity index (χ1) is 10.1. The summed E-state index contributed by atoms with van der Waals surface area (Å²) in [6.07, 6.45) is 0. The van der Waals surface area contributed by atoms with Gasteiger partial charge in [-0.05, 0) is 12.1 Å². The molecule has 2 amide bonds. The first-order valence-electron chi connectivity index (χ1n) is 6.87. The van der Waals surface area contributed by atoms with Crippen LogP contribution in [0.4, 0.5) is 0 Å². The fourth-order valence-electron chi connectivity index (χ4n) is 2.64. The Morgan fingerprint density at radius 1 is 1.38 bits per heavy atom. The number of benzene rings is 1. The molecule has 2 N–H and O–H groups in total. The molecule has 2 atom stereocenters. The minimum absolute atomic E-state index is 0.0688. The lowest BCUT2D eigenvalue weighted by Crippen LogP contribution is -2.40. The van der Waals surface area contributed by atoms with Crippen molar-refractivity contribution in [3.63, 3.8) is 0 Å². The molecule has 114 valence electrons. The Labute approximate surface area is 123 Å². The van der Waals surface area contributed by atoms with Gasteiger partial charge in [0.1, 0.15) is 5.75 Å². The molecule has 0 aliphatic carbocycles. The van der Waals surface area contributed by atoms with Crippen LogP contribution in [0.2, 0.25) is 0 Å². The van der Waals surface area contributed by atoms with Gasteiger partial charge in [0, 0.05) is 32.5 Å². The fourth-order valence-corrected chi connectivity index (χ4v) is 2.64. The predicted molar refractivity (Wildman–Crippen MR) is 77.1 cm³/mol. The van der Waals surface area contributed by atoms with E-state index in [1.54, 1.807) is 29.2 Å². The molecule has 6 heteroatoms. The molecule has 0 spiro atoms. The highest BCUT2D eigenvalue weighted by Crippen LogP contribution is 2.24. The number of nitrogens with zero attached hydrogens (tertiary/aromatic N) is 1. The van der Waals surface area contributed by atoms with E-state index in [1.807, 2.05) is 0 Å². The molecule has 1 saturated heterocycles. The number of nitrogens with one attached hydrogen (secondary N) is 1. The molecule has 0 aromatic heterocycles. The van der Waals surface area contributed by atoms with Gasteiger partial charge in [0.05, 0.1) is 18.7 Å². The SMILES string of the molecule is COc1ccccc1C(=O)N1C[C@@H](CO)[C@H](NC(C)=O)C1. The van der Waals surface area contributed by atoms with E-state index in [0.717, 1.165) is 0 Å². The van der Waals surface area contributed by atoms with Crippen LogP contribution in [0.3, 0.4) is 0 Å². The molecule has 1 aliphatic rings. The second kappa shape index (κ2) is 6.58. The van der Waals surface area contributed by atoms with E-state index in [4.69, 9.17) is 4.74 Å². The summed E-state index contributed by atoms with van der Waals surface area (Å²) in [4.78, 5) is 25.4. The topological polar surface area (TPSA) is 78.9 Å². The quantitative estimate of drug-likeness (QED) is 0.834. The third-order valence-electron chi connectivity index (χ3n) is 3.69. The van der Waals surface area contributed by atoms with Gasteiger partial charge in [0.15, 0.2) is 0 Å². The van der Waals surface area contributed by atoms with Gasteiger partial charge in [-0.2, -0.15) is 0 Å². The van der Waals surface area contributed by atoms with E-state index in [-0.39, 0.29) is 30.4 Å². The van der Waals surface area contributed by atoms with Crippen LogP contribution in [0, 0.1) is 5.92 Å². The lowest BCUT2D eigenvalue weighted by molar-refractivity contribution is -0.119. The maximum Gasteiger partial charge on any atom is 0.257 e. The Kier molecular flexibility index (Phi) is 4.80. The van der Waals surface area contributed by atoms with Crippen molar-refractivity contribution in [1.82, 2.24) is 10.2 Å². The minimum atomic E-state index is -0.217. The number of amides is 2. The summed E-state index contributed by atoms with van der Waals surface area (Å²) in [5.41, 5.74) is 0.486. The Morgan fingerprint density at radius 3 is 2.71 bits per heavy atom. The van der Waals surface area contributed by atoms with Gasteiger partial charge in [-0.3, -0.25) is 9.59 Å². The molecule has 1 fully saturated rings. The Hall–Kier alpha value is -2.08. The zero-order valence-corrected chi connectivity index (χ0v) is 12.2. The number of aliphatic hydroxyl groups excluding tert-OH is 1. The molecular formula is C15H20N2O4. The smallest absolute Gasteiger partial charge is 0.257 e. The number of aliphatic hydroxyl groups is 1. The van der Waals surface area contributed by atoms with Crippen molar-refractivity contribution in [2.24, 2.45) is 5.92 Å². The Bertz CT molecular complexity index is 532. The largest absolute Gasteiger partial charge is 0.496 e. The van der Waals surface area contributed by atoms with E-state index < -0.39 is 0 Å². The summed E-state index contributed by atoms with van der Waals surface area (Å²) in [6, 6.07) is 6.81. The number of likely N-dealkylation sites (tertiary alicyclic amines) is 1. The van der Waals surface area contributed by atoms with Crippen molar-refractivity contribution in [3.05, 3.63) is 29.8 Å². The van der Waals surface area contributed by atoms with Crippen LogP contribution < -0.4 is 10.1 Å². The second-order valence-corrected chi connectivity index (χ2v) is 5.16. The van der Waals surface area contributed by atoms with Gasteiger partial charge in [-0.25, -0.2) is 0 Å². The highest BCUT2D eigenvalue weighted by Gasteiger charge is 2.36. The molecule has 1 aromatic carbocycles. The normalized spacial score (nSPS) is 21.2. The molecule has 0 radical (unpaired) electrons. The number of para-hydroxylation sites is 1. The minimum Gasteiger partial charge on any atom is -0.496 e. The van der Waals surface area contributed by atoms with Crippen LogP contribution in [-0.4, -0.2) is 54.7 Å². The van der Waals surface area contributed by atoms with E-state index in [2.05, 4.69) is 5.32 Å². The molecule has 1 aromatic rings. The van der Waals surface area contributed by atoms with E-state index in [0.29, 0.717) is 24.4 Å². The first-order valence-corrected chi connectivity index (χ1v) is 6.87. The standard InChI is InChI=1S/C15H20N2O4/c1-10(19)16-13-8-17(7-11(13)9-18)15(20)12-5-3-4-6-14(12)21-2/h3-6,11,13,18H,7-9H2,1-2H3,(H,16,19)/t11-,13+/m0/s1. The highest BCUT2D eigenvalue weighted by atomic mass is 16.5. The van der Waals surface area contributed by atoms with Crippen LogP contribution in [0.1, 0.15) is 17.3 Å². The monoisotopic (exact) mass is 292 g/mol. The summed E-state index contributed by atoms with van der Waals surface area (Å²) in [7, 11) is 1.52. The van der Waals surface area contributed by atoms with Gasteiger partial charge in [0.2, 0.25) is 5.91 Å². The van der Waals surface area contributed by atoms with Crippen molar-refractivity contribution in [3.8, 4) is 5.75 Å². The molecule has 6 nitrogen and oxygen atoms in total. The van der Waals surface area contributed by atoms with Crippen LogP contribution in [-0.2, 0) is 4.79 Å². The zero-order valence-electron chi connectivity index (χ0n) is 12.2. The van der Waals surface area contributed by atoms with Gasteiger partial charge < -0.3 is 20.1 Å². The summed E-state index contributed by atoms with van der Waals surface area (Å²) >= 11 is 0. The van der Waals surface area contributed by atoms with Gasteiger partial charge >= 0.3 is 0 Å². The molecular weight excluding hydrogens is 272 g/mol. The molecule has 0 bridgehead atoms. The van der Waals surface area contributed by atoms with E-state index in [1.165, 1.54) is 14.0 Å². The zero-order chi connectivity index (χ0) is 15.4. The maximum absolute atomic E-state index is 12.6. The van der Waals surface area contributed by atoms with Gasteiger partial charge in [-0.15, -0.1) is 0 Å². The summed E-state index contributed by atoms with van der Waals surface area (Å²) in [6.45, 7) is 2.17. The maximum atomic E-state index is 12.6. The summed E-state index contributed by atoms with van der Waals surface area (Å²) in [5.74, 6) is 0.0578. The number of rotatable bonds is 4. The average molecular weight is 292 g/mol. The summed E-state index contributed by atoms with van der Waals surface area (Å²) in [5, 5.41) is 12.2. The van der Waals surface area contributed by atoms with Crippen molar-refractivity contribution < 1.29 is 19.4 Å². The molecule has 0 unspecified atom stereocenters. The summed E-state index contributed by atoms with van der Waals surface area (Å²) < 4.78 is 5.20.